The predicted octanol–water partition coefficient (Wildman–Crippen LogP) is 1.79. The smallest absolute Gasteiger partial charge is 0.379 e. The predicted molar refractivity (Wildman–Crippen MR) is 104 cm³/mol. The highest BCUT2D eigenvalue weighted by atomic mass is 19.4. The van der Waals surface area contributed by atoms with Gasteiger partial charge in [-0.05, 0) is 25.5 Å². The Morgan fingerprint density at radius 1 is 1.25 bits per heavy atom. The van der Waals surface area contributed by atoms with Gasteiger partial charge in [-0.3, -0.25) is 9.89 Å². The van der Waals surface area contributed by atoms with Gasteiger partial charge in [0.1, 0.15) is 5.82 Å². The number of morpholine rings is 1. The molecule has 0 spiro atoms. The van der Waals surface area contributed by atoms with Crippen LogP contribution >= 0.6 is 0 Å². The van der Waals surface area contributed by atoms with Gasteiger partial charge < -0.3 is 20.7 Å². The molecular formula is C18H29F3N6O. The summed E-state index contributed by atoms with van der Waals surface area (Å²) in [7, 11) is 0. The first-order chi connectivity index (χ1) is 13.5. The Morgan fingerprint density at radius 3 is 2.75 bits per heavy atom. The summed E-state index contributed by atoms with van der Waals surface area (Å²) in [5, 5.41) is 8.99. The highest BCUT2D eigenvalue weighted by Gasteiger charge is 2.33. The van der Waals surface area contributed by atoms with E-state index in [0.717, 1.165) is 45.3 Å². The topological polar surface area (TPSA) is 73.8 Å². The fraction of sp³-hybridized carbons (Fsp3) is 0.667. The van der Waals surface area contributed by atoms with E-state index in [9.17, 15) is 13.2 Å². The monoisotopic (exact) mass is 402 g/mol. The Balaban J connectivity index is 1.72. The van der Waals surface area contributed by atoms with E-state index in [0.29, 0.717) is 25.6 Å². The third-order valence-electron chi connectivity index (χ3n) is 4.17. The second-order valence-electron chi connectivity index (χ2n) is 6.32. The van der Waals surface area contributed by atoms with E-state index < -0.39 is 11.7 Å². The molecule has 2 rings (SSSR count). The second-order valence-corrected chi connectivity index (χ2v) is 6.32. The second kappa shape index (κ2) is 11.7. The normalized spacial score (nSPS) is 16.1. The summed E-state index contributed by atoms with van der Waals surface area (Å²) in [4.78, 5) is 10.7. The van der Waals surface area contributed by atoms with Gasteiger partial charge in [-0.1, -0.05) is 0 Å². The number of pyridine rings is 1. The number of anilines is 1. The lowest BCUT2D eigenvalue weighted by Gasteiger charge is -2.26. The molecule has 0 amide bonds. The van der Waals surface area contributed by atoms with E-state index in [1.165, 1.54) is 12.3 Å². The van der Waals surface area contributed by atoms with E-state index in [1.54, 1.807) is 0 Å². The van der Waals surface area contributed by atoms with Crippen molar-refractivity contribution in [2.75, 3.05) is 64.3 Å². The first-order valence-electron chi connectivity index (χ1n) is 9.59. The number of hydrogen-bond acceptors (Lipinski definition) is 5. The zero-order valence-corrected chi connectivity index (χ0v) is 16.2. The summed E-state index contributed by atoms with van der Waals surface area (Å²) in [6.07, 6.45) is -2.15. The molecule has 10 heteroatoms. The van der Waals surface area contributed by atoms with Crippen LogP contribution in [0.4, 0.5) is 19.0 Å². The van der Waals surface area contributed by atoms with Gasteiger partial charge in [0, 0.05) is 52.0 Å². The molecule has 28 heavy (non-hydrogen) atoms. The zero-order chi connectivity index (χ0) is 20.2. The standard InChI is InChI=1S/C18H29F3N6O/c1-2-22-17(25-7-4-10-27-11-13-28-14-12-27)26-9-8-24-16-15(18(19,20)21)5-3-6-23-16/h3,5-6H,2,4,7-14H2,1H3,(H,23,24)(H2,22,25,26). The summed E-state index contributed by atoms with van der Waals surface area (Å²) in [6, 6.07) is 2.29. The minimum atomic E-state index is -4.43. The number of nitrogens with one attached hydrogen (secondary N) is 3. The van der Waals surface area contributed by atoms with Crippen molar-refractivity contribution in [1.29, 1.82) is 0 Å². The van der Waals surface area contributed by atoms with Crippen LogP contribution in [0.3, 0.4) is 0 Å². The molecule has 1 saturated heterocycles. The van der Waals surface area contributed by atoms with Crippen LogP contribution in [0.2, 0.25) is 0 Å². The number of aromatic nitrogens is 1. The van der Waals surface area contributed by atoms with Gasteiger partial charge in [0.25, 0.3) is 0 Å². The summed E-state index contributed by atoms with van der Waals surface area (Å²) in [6.45, 7) is 8.53. The largest absolute Gasteiger partial charge is 0.419 e. The Kier molecular flexibility index (Phi) is 9.29. The number of ether oxygens (including phenoxy) is 1. The number of guanidine groups is 1. The molecule has 0 radical (unpaired) electrons. The van der Waals surface area contributed by atoms with Crippen LogP contribution in [-0.2, 0) is 10.9 Å². The maximum absolute atomic E-state index is 13.0. The first-order valence-corrected chi connectivity index (χ1v) is 9.59. The molecule has 0 aromatic carbocycles. The van der Waals surface area contributed by atoms with Crippen LogP contribution in [0.15, 0.2) is 23.3 Å². The quantitative estimate of drug-likeness (QED) is 0.332. The van der Waals surface area contributed by atoms with Crippen LogP contribution in [0.25, 0.3) is 0 Å². The molecule has 2 heterocycles. The minimum Gasteiger partial charge on any atom is -0.379 e. The van der Waals surface area contributed by atoms with Crippen molar-refractivity contribution < 1.29 is 17.9 Å². The van der Waals surface area contributed by atoms with Crippen molar-refractivity contribution in [3.8, 4) is 0 Å². The molecule has 3 N–H and O–H groups in total. The van der Waals surface area contributed by atoms with Gasteiger partial charge in [0.15, 0.2) is 5.96 Å². The van der Waals surface area contributed by atoms with Crippen LogP contribution in [0.1, 0.15) is 18.9 Å². The molecule has 0 bridgehead atoms. The Labute approximate surface area is 163 Å². The molecule has 1 aromatic heterocycles. The summed E-state index contributed by atoms with van der Waals surface area (Å²) < 4.78 is 44.2. The molecule has 0 saturated carbocycles. The van der Waals surface area contributed by atoms with E-state index in [4.69, 9.17) is 4.74 Å². The number of alkyl halides is 3. The van der Waals surface area contributed by atoms with Crippen molar-refractivity contribution in [1.82, 2.24) is 20.5 Å². The molecule has 0 unspecified atom stereocenters. The first kappa shape index (κ1) is 22.2. The van der Waals surface area contributed by atoms with Gasteiger partial charge in [0.05, 0.1) is 18.8 Å². The number of nitrogens with zero attached hydrogens (tertiary/aromatic N) is 3. The molecule has 1 fully saturated rings. The van der Waals surface area contributed by atoms with Crippen LogP contribution in [0, 0.1) is 0 Å². The van der Waals surface area contributed by atoms with Gasteiger partial charge in [0.2, 0.25) is 0 Å². The van der Waals surface area contributed by atoms with E-state index >= 15 is 0 Å². The lowest BCUT2D eigenvalue weighted by molar-refractivity contribution is -0.137. The highest BCUT2D eigenvalue weighted by Crippen LogP contribution is 2.33. The molecule has 1 aliphatic rings. The third kappa shape index (κ3) is 7.89. The number of hydrogen-bond donors (Lipinski definition) is 3. The maximum Gasteiger partial charge on any atom is 0.419 e. The fourth-order valence-corrected chi connectivity index (χ4v) is 2.79. The SMILES string of the molecule is CCNC(=NCCCN1CCOCC1)NCCNc1ncccc1C(F)(F)F. The molecule has 158 valence electrons. The third-order valence-corrected chi connectivity index (χ3v) is 4.17. The van der Waals surface area contributed by atoms with Crippen molar-refractivity contribution in [2.24, 2.45) is 4.99 Å². The molecule has 7 nitrogen and oxygen atoms in total. The van der Waals surface area contributed by atoms with Gasteiger partial charge in [-0.2, -0.15) is 13.2 Å². The maximum atomic E-state index is 13.0. The average molecular weight is 402 g/mol. The molecule has 0 atom stereocenters. The van der Waals surface area contributed by atoms with Crippen molar-refractivity contribution in [3.63, 3.8) is 0 Å². The van der Waals surface area contributed by atoms with E-state index in [1.807, 2.05) is 6.92 Å². The minimum absolute atomic E-state index is 0.163. The highest BCUT2D eigenvalue weighted by molar-refractivity contribution is 5.79. The van der Waals surface area contributed by atoms with Crippen LogP contribution in [-0.4, -0.2) is 74.9 Å². The van der Waals surface area contributed by atoms with Crippen molar-refractivity contribution in [2.45, 2.75) is 19.5 Å². The van der Waals surface area contributed by atoms with Gasteiger partial charge in [-0.25, -0.2) is 4.98 Å². The number of halogens is 3. The fourth-order valence-electron chi connectivity index (χ4n) is 2.79. The van der Waals surface area contributed by atoms with E-state index in [2.05, 4.69) is 30.8 Å². The molecule has 0 aliphatic carbocycles. The Hall–Kier alpha value is -2.07. The molecule has 1 aliphatic heterocycles. The Bertz CT molecular complexity index is 605. The van der Waals surface area contributed by atoms with Crippen LogP contribution in [0.5, 0.6) is 0 Å². The summed E-state index contributed by atoms with van der Waals surface area (Å²) >= 11 is 0. The molecular weight excluding hydrogens is 373 g/mol. The van der Waals surface area contributed by atoms with E-state index in [-0.39, 0.29) is 12.4 Å². The number of rotatable bonds is 9. The van der Waals surface area contributed by atoms with Gasteiger partial charge >= 0.3 is 6.18 Å². The van der Waals surface area contributed by atoms with Crippen molar-refractivity contribution >= 4 is 11.8 Å². The Morgan fingerprint density at radius 2 is 2.04 bits per heavy atom. The lowest BCUT2D eigenvalue weighted by atomic mass is 10.2. The zero-order valence-electron chi connectivity index (χ0n) is 16.2. The molecule has 1 aromatic rings. The van der Waals surface area contributed by atoms with Crippen molar-refractivity contribution in [3.05, 3.63) is 23.9 Å². The summed E-state index contributed by atoms with van der Waals surface area (Å²) in [5.74, 6) is 0.493. The lowest BCUT2D eigenvalue weighted by Crippen LogP contribution is -2.40. The van der Waals surface area contributed by atoms with Gasteiger partial charge in [-0.15, -0.1) is 0 Å². The van der Waals surface area contributed by atoms with Crippen LogP contribution < -0.4 is 16.0 Å². The average Bonchev–Trinajstić information content (AvgIpc) is 2.68. The number of aliphatic imine (C=N–C) groups is 1. The summed E-state index contributed by atoms with van der Waals surface area (Å²) in [5.41, 5.74) is -0.765.